The molecule has 6 rings (SSSR count). The number of ether oxygens (including phenoxy) is 1. The molecule has 4 aliphatic heterocycles. The van der Waals surface area contributed by atoms with Crippen LogP contribution in [0.4, 0.5) is 0 Å². The molecule has 0 bridgehead atoms. The fourth-order valence-electron chi connectivity index (χ4n) is 8.34. The maximum Gasteiger partial charge on any atom is 0.246 e. The maximum absolute atomic E-state index is 14.7. The van der Waals surface area contributed by atoms with Crippen molar-refractivity contribution in [3.05, 3.63) is 65.7 Å². The molecule has 27 heteroatoms. The van der Waals surface area contributed by atoms with E-state index in [2.05, 4.69) is 47.2 Å². The summed E-state index contributed by atoms with van der Waals surface area (Å²) in [5.41, 5.74) is 13.0. The van der Waals surface area contributed by atoms with E-state index in [1.54, 1.807) is 37.3 Å². The third-order valence-electron chi connectivity index (χ3n) is 12.3. The summed E-state index contributed by atoms with van der Waals surface area (Å²) in [6, 6.07) is 2.05. The Labute approximate surface area is 393 Å². The number of phenolic OH excluding ortho intramolecular Hbond substituents is 1. The van der Waals surface area contributed by atoms with Crippen LogP contribution in [0.5, 0.6) is 5.75 Å². The summed E-state index contributed by atoms with van der Waals surface area (Å²) in [6.45, 7) is -1.89. The van der Waals surface area contributed by atoms with E-state index in [0.29, 0.717) is 11.1 Å². The van der Waals surface area contributed by atoms with Crippen molar-refractivity contribution in [2.24, 2.45) is 21.5 Å². The van der Waals surface area contributed by atoms with Crippen LogP contribution in [0.15, 0.2) is 64.6 Å². The largest absolute Gasteiger partial charge is 0.508 e. The zero-order valence-electron chi connectivity index (χ0n) is 37.0. The zero-order chi connectivity index (χ0) is 50.3. The predicted molar refractivity (Wildman–Crippen MR) is 238 cm³/mol. The van der Waals surface area contributed by atoms with Gasteiger partial charge in [0.15, 0.2) is 18.1 Å². The third kappa shape index (κ3) is 11.9. The van der Waals surface area contributed by atoms with Crippen molar-refractivity contribution in [1.82, 2.24) is 42.1 Å². The van der Waals surface area contributed by atoms with Gasteiger partial charge in [-0.05, 0) is 23.3 Å². The van der Waals surface area contributed by atoms with Crippen molar-refractivity contribution in [1.29, 1.82) is 0 Å². The highest BCUT2D eigenvalue weighted by atomic mass is 16.6. The molecule has 0 aromatic heterocycles. The number of hydrogen-bond acceptors (Lipinski definition) is 21. The SMILES string of the molecule is C[C@@H](c1ccccc1)[C@@H]1NC(=O)CNC(=O)[C@H](CO)NC(=O)[C@@H]([C@@H](O)[C@@H]2CN=C(N)N2[C@H]2O[C@H](CO)[C@@H](O)[C@H](O)[C@@H]2O)NC(=O)C([C@@H](O)[C@@H]2CN=C(N)N2)NC(=O)[C@@H](Cc2ccc(O)cc2)NC1=O. The van der Waals surface area contributed by atoms with Crippen molar-refractivity contribution < 1.29 is 74.4 Å². The molecule has 0 spiro atoms. The van der Waals surface area contributed by atoms with Crippen LogP contribution < -0.4 is 48.7 Å². The molecule has 4 heterocycles. The second kappa shape index (κ2) is 22.6. The van der Waals surface area contributed by atoms with Crippen molar-refractivity contribution in [2.45, 2.75) is 104 Å². The summed E-state index contributed by atoms with van der Waals surface area (Å²) in [5.74, 6) is -8.29. The monoisotopic (exact) mass is 970 g/mol. The molecule has 2 aromatic carbocycles. The number of nitrogens with one attached hydrogen (secondary N) is 7. The number of phenols is 1. The van der Waals surface area contributed by atoms with E-state index in [0.717, 1.165) is 4.90 Å². The van der Waals surface area contributed by atoms with E-state index in [1.165, 1.54) is 24.3 Å². The fourth-order valence-corrected chi connectivity index (χ4v) is 8.34. The molecular formula is C42H58N12O15. The second-order valence-corrected chi connectivity index (χ2v) is 17.0. The molecule has 0 saturated carbocycles. The Hall–Kier alpha value is -6.72. The van der Waals surface area contributed by atoms with Crippen LogP contribution in [0.25, 0.3) is 0 Å². The topological polar surface area (TPSA) is 438 Å². The van der Waals surface area contributed by atoms with Gasteiger partial charge in [-0.3, -0.25) is 38.8 Å². The minimum atomic E-state index is -2.25. The number of aliphatic imine (C=N–C) groups is 2. The van der Waals surface area contributed by atoms with Gasteiger partial charge in [0.1, 0.15) is 72.6 Å². The Bertz CT molecular complexity index is 2240. The summed E-state index contributed by atoms with van der Waals surface area (Å²) in [7, 11) is 0. The molecular weight excluding hydrogens is 913 g/mol. The molecule has 2 saturated heterocycles. The third-order valence-corrected chi connectivity index (χ3v) is 12.3. The van der Waals surface area contributed by atoms with Crippen molar-refractivity contribution in [3.8, 4) is 5.75 Å². The normalized spacial score (nSPS) is 32.3. The van der Waals surface area contributed by atoms with E-state index in [-0.39, 0.29) is 24.7 Å². The van der Waals surface area contributed by atoms with Gasteiger partial charge in [0.25, 0.3) is 0 Å². The highest BCUT2D eigenvalue weighted by molar-refractivity contribution is 5.98. The van der Waals surface area contributed by atoms with Crippen LogP contribution >= 0.6 is 0 Å². The minimum Gasteiger partial charge on any atom is -0.508 e. The number of hydrogen-bond donors (Lipinski definition) is 17. The highest BCUT2D eigenvalue weighted by Gasteiger charge is 2.52. The Morgan fingerprint density at radius 2 is 1.32 bits per heavy atom. The lowest BCUT2D eigenvalue weighted by molar-refractivity contribution is -0.260. The van der Waals surface area contributed by atoms with Gasteiger partial charge in [0.2, 0.25) is 35.4 Å². The first kappa shape index (κ1) is 51.7. The first-order valence-electron chi connectivity index (χ1n) is 21.9. The molecule has 0 aliphatic carbocycles. The van der Waals surface area contributed by atoms with Crippen LogP contribution in [0, 0.1) is 0 Å². The van der Waals surface area contributed by atoms with E-state index in [1.807, 2.05) is 0 Å². The lowest BCUT2D eigenvalue weighted by Crippen LogP contribution is -2.70. The zero-order valence-corrected chi connectivity index (χ0v) is 37.0. The molecule has 376 valence electrons. The van der Waals surface area contributed by atoms with E-state index < -0.39 is 159 Å². The number of carbonyl (C=O) groups is 6. The molecule has 4 aliphatic rings. The lowest BCUT2D eigenvalue weighted by Gasteiger charge is -2.46. The van der Waals surface area contributed by atoms with E-state index in [9.17, 15) is 69.6 Å². The van der Waals surface area contributed by atoms with Gasteiger partial charge in [-0.25, -0.2) is 0 Å². The Balaban J connectivity index is 1.41. The Morgan fingerprint density at radius 3 is 1.96 bits per heavy atom. The van der Waals surface area contributed by atoms with Crippen LogP contribution in [0.1, 0.15) is 24.0 Å². The number of rotatable bonds is 11. The standard InChI is InChI=1S/C42H58N12O15/c1-17(19-5-3-2-4-6-19)27-37(66)48-21(11-18-7-9-20(57)10-8-18)36(65)52-28(30(59)22-12-46-41(43)50-22)39(68)53-29(38(67)49-23(15-55)35(64)45-14-26(58)51-27)31(60)24-13-47-42(44)54(24)40-34(63)33(62)32(61)25(16-56)69-40/h2-10,17,21-25,27-34,40,55-57,59-63H,11-16H2,1H3,(H2,44,47)(H,45,64)(H,48,66)(H,49,67)(H,51,58)(H,52,65)(H,53,68)(H3,43,46,50)/t17-,21+,22-,23-,24-,25+,27-,28?,29+,30-,31-,32+,33-,34-,40-/m0/s1. The second-order valence-electron chi connectivity index (χ2n) is 17.0. The minimum absolute atomic E-state index is 0.122. The molecule has 0 radical (unpaired) electrons. The summed E-state index contributed by atoms with van der Waals surface area (Å²) in [6.07, 6.45) is -13.4. The quantitative estimate of drug-likeness (QED) is 0.0994. The van der Waals surface area contributed by atoms with Crippen LogP contribution in [0.3, 0.4) is 0 Å². The van der Waals surface area contributed by atoms with Gasteiger partial charge in [-0.2, -0.15) is 0 Å². The number of aliphatic hydroxyl groups is 7. The Morgan fingerprint density at radius 1 is 0.696 bits per heavy atom. The first-order chi connectivity index (χ1) is 32.8. The average molecular weight is 971 g/mol. The smallest absolute Gasteiger partial charge is 0.246 e. The number of aliphatic hydroxyl groups excluding tert-OH is 7. The molecule has 2 fully saturated rings. The van der Waals surface area contributed by atoms with Crippen molar-refractivity contribution in [2.75, 3.05) is 32.8 Å². The lowest BCUT2D eigenvalue weighted by atomic mass is 9.92. The number of nitrogens with zero attached hydrogens (tertiary/aromatic N) is 3. The number of carbonyl (C=O) groups excluding carboxylic acids is 6. The summed E-state index contributed by atoms with van der Waals surface area (Å²) in [5, 5.41) is 103. The summed E-state index contributed by atoms with van der Waals surface area (Å²) < 4.78 is 5.66. The average Bonchev–Trinajstić information content (AvgIpc) is 3.96. The van der Waals surface area contributed by atoms with E-state index in [4.69, 9.17) is 16.2 Å². The van der Waals surface area contributed by atoms with Gasteiger partial charge in [-0.1, -0.05) is 49.4 Å². The molecule has 15 atom stereocenters. The van der Waals surface area contributed by atoms with Crippen molar-refractivity contribution in [3.63, 3.8) is 0 Å². The van der Waals surface area contributed by atoms with E-state index >= 15 is 0 Å². The molecule has 2 aromatic rings. The van der Waals surface area contributed by atoms with Crippen LogP contribution in [0.2, 0.25) is 0 Å². The summed E-state index contributed by atoms with van der Waals surface area (Å²) >= 11 is 0. The maximum atomic E-state index is 14.7. The number of guanidine groups is 2. The summed E-state index contributed by atoms with van der Waals surface area (Å²) in [4.78, 5) is 94.1. The molecule has 19 N–H and O–H groups in total. The Kier molecular flexibility index (Phi) is 16.9. The number of nitrogens with two attached hydrogens (primary N) is 2. The van der Waals surface area contributed by atoms with Crippen molar-refractivity contribution >= 4 is 47.4 Å². The van der Waals surface area contributed by atoms with Gasteiger partial charge in [0, 0.05) is 12.3 Å². The van der Waals surface area contributed by atoms with Crippen LogP contribution in [-0.4, -0.2) is 211 Å². The molecule has 27 nitrogen and oxygen atoms in total. The fraction of sp³-hybridized carbons (Fsp3) is 0.524. The number of benzene rings is 2. The van der Waals surface area contributed by atoms with Crippen LogP contribution in [-0.2, 0) is 39.9 Å². The highest BCUT2D eigenvalue weighted by Crippen LogP contribution is 2.29. The molecule has 1 unspecified atom stereocenters. The van der Waals surface area contributed by atoms with Gasteiger partial charge in [-0.15, -0.1) is 0 Å². The van der Waals surface area contributed by atoms with Gasteiger partial charge in [0.05, 0.1) is 44.9 Å². The molecule has 69 heavy (non-hydrogen) atoms. The number of aromatic hydroxyl groups is 1. The van der Waals surface area contributed by atoms with Gasteiger partial charge >= 0.3 is 0 Å². The number of amides is 6. The first-order valence-corrected chi connectivity index (χ1v) is 21.9. The predicted octanol–water partition coefficient (Wildman–Crippen LogP) is -8.91. The van der Waals surface area contributed by atoms with Gasteiger partial charge < -0.3 is 99.2 Å². The molecule has 6 amide bonds.